The number of fused-ring (bicyclic) bond motifs is 1. The van der Waals surface area contributed by atoms with Crippen molar-refractivity contribution < 1.29 is 0 Å². The first-order chi connectivity index (χ1) is 6.33. The number of rotatable bonds is 2. The molecule has 13 heavy (non-hydrogen) atoms. The summed E-state index contributed by atoms with van der Waals surface area (Å²) in [5, 5.41) is 1.14. The minimum absolute atomic E-state index is 0.109. The van der Waals surface area contributed by atoms with Crippen LogP contribution in [0, 0.1) is 0 Å². The monoisotopic (exact) mass is 175 g/mol. The Kier molecular flexibility index (Phi) is 2.02. The van der Waals surface area contributed by atoms with Crippen LogP contribution in [0.2, 0.25) is 0 Å². The average Bonchev–Trinajstić information content (AvgIpc) is 2.60. The van der Waals surface area contributed by atoms with Crippen molar-refractivity contribution in [2.24, 2.45) is 5.73 Å². The first kappa shape index (κ1) is 8.26. The number of pyridine rings is 1. The highest BCUT2D eigenvalue weighted by atomic mass is 14.8. The van der Waals surface area contributed by atoms with Crippen molar-refractivity contribution in [3.63, 3.8) is 0 Å². The molecular formula is C10H13N3. The number of hydrogen-bond acceptors (Lipinski definition) is 2. The molecule has 0 aromatic carbocycles. The number of nitrogens with two attached hydrogens (primary N) is 1. The van der Waals surface area contributed by atoms with Crippen molar-refractivity contribution in [1.29, 1.82) is 0 Å². The van der Waals surface area contributed by atoms with Crippen LogP contribution < -0.4 is 5.73 Å². The van der Waals surface area contributed by atoms with Crippen LogP contribution in [0.15, 0.2) is 24.5 Å². The van der Waals surface area contributed by atoms with E-state index in [1.807, 2.05) is 18.3 Å². The highest BCUT2D eigenvalue weighted by molar-refractivity contribution is 5.79. The lowest BCUT2D eigenvalue weighted by atomic mass is 10.1. The molecule has 0 fully saturated rings. The van der Waals surface area contributed by atoms with Gasteiger partial charge < -0.3 is 10.7 Å². The summed E-state index contributed by atoms with van der Waals surface area (Å²) in [6, 6.07) is 4.09. The van der Waals surface area contributed by atoms with E-state index in [2.05, 4.69) is 16.9 Å². The molecule has 2 heterocycles. The maximum absolute atomic E-state index is 5.96. The molecule has 2 aromatic rings. The topological polar surface area (TPSA) is 54.7 Å². The van der Waals surface area contributed by atoms with Gasteiger partial charge in [-0.05, 0) is 24.1 Å². The summed E-state index contributed by atoms with van der Waals surface area (Å²) in [4.78, 5) is 7.32. The highest BCUT2D eigenvalue weighted by Gasteiger charge is 2.09. The molecule has 0 saturated heterocycles. The van der Waals surface area contributed by atoms with Gasteiger partial charge in [0.05, 0.1) is 0 Å². The number of nitrogens with one attached hydrogen (secondary N) is 1. The van der Waals surface area contributed by atoms with Gasteiger partial charge in [-0.1, -0.05) is 6.92 Å². The average molecular weight is 175 g/mol. The maximum Gasteiger partial charge on any atom is 0.137 e. The summed E-state index contributed by atoms with van der Waals surface area (Å²) < 4.78 is 0. The Balaban J connectivity index is 2.57. The zero-order valence-electron chi connectivity index (χ0n) is 7.62. The predicted octanol–water partition coefficient (Wildman–Crippen LogP) is 1.97. The SMILES string of the molecule is CC[C@H](N)c1c[nH]c2ncccc12. The highest BCUT2D eigenvalue weighted by Crippen LogP contribution is 2.22. The Hall–Kier alpha value is -1.35. The molecule has 68 valence electrons. The van der Waals surface area contributed by atoms with Crippen LogP contribution in [-0.4, -0.2) is 9.97 Å². The molecule has 3 N–H and O–H groups in total. The third-order valence-corrected chi connectivity index (χ3v) is 2.32. The number of aromatic amines is 1. The summed E-state index contributed by atoms with van der Waals surface area (Å²) in [6.07, 6.45) is 4.67. The Morgan fingerprint density at radius 1 is 1.62 bits per heavy atom. The van der Waals surface area contributed by atoms with E-state index in [0.717, 1.165) is 23.0 Å². The smallest absolute Gasteiger partial charge is 0.137 e. The second-order valence-corrected chi connectivity index (χ2v) is 3.16. The second-order valence-electron chi connectivity index (χ2n) is 3.16. The molecule has 0 amide bonds. The van der Waals surface area contributed by atoms with Gasteiger partial charge in [-0.2, -0.15) is 0 Å². The van der Waals surface area contributed by atoms with E-state index in [-0.39, 0.29) is 6.04 Å². The molecule has 0 spiro atoms. The molecule has 0 saturated carbocycles. The quantitative estimate of drug-likeness (QED) is 0.733. The fraction of sp³-hybridized carbons (Fsp3) is 0.300. The van der Waals surface area contributed by atoms with Gasteiger partial charge in [0.15, 0.2) is 0 Å². The van der Waals surface area contributed by atoms with Crippen LogP contribution in [0.5, 0.6) is 0 Å². The Bertz CT molecular complexity index is 405. The molecule has 0 radical (unpaired) electrons. The van der Waals surface area contributed by atoms with Crippen LogP contribution in [0.3, 0.4) is 0 Å². The van der Waals surface area contributed by atoms with Crippen molar-refractivity contribution in [3.8, 4) is 0 Å². The minimum atomic E-state index is 0.109. The molecule has 0 bridgehead atoms. The molecule has 0 unspecified atom stereocenters. The Morgan fingerprint density at radius 2 is 2.46 bits per heavy atom. The van der Waals surface area contributed by atoms with Crippen LogP contribution in [-0.2, 0) is 0 Å². The molecule has 0 aliphatic carbocycles. The summed E-state index contributed by atoms with van der Waals surface area (Å²) in [5.41, 5.74) is 8.03. The summed E-state index contributed by atoms with van der Waals surface area (Å²) in [7, 11) is 0. The standard InChI is InChI=1S/C10H13N3/c1-2-9(11)8-6-13-10-7(8)4-3-5-12-10/h3-6,9H,2,11H2,1H3,(H,12,13)/t9-/m0/s1. The number of hydrogen-bond donors (Lipinski definition) is 2. The van der Waals surface area contributed by atoms with Crippen LogP contribution >= 0.6 is 0 Å². The van der Waals surface area contributed by atoms with E-state index in [4.69, 9.17) is 5.73 Å². The zero-order chi connectivity index (χ0) is 9.26. The molecule has 1 atom stereocenters. The maximum atomic E-state index is 5.96. The van der Waals surface area contributed by atoms with Crippen LogP contribution in [0.1, 0.15) is 24.9 Å². The zero-order valence-corrected chi connectivity index (χ0v) is 7.62. The van der Waals surface area contributed by atoms with Crippen molar-refractivity contribution in [2.45, 2.75) is 19.4 Å². The largest absolute Gasteiger partial charge is 0.346 e. The summed E-state index contributed by atoms with van der Waals surface area (Å²) in [6.45, 7) is 2.08. The lowest BCUT2D eigenvalue weighted by Crippen LogP contribution is -2.07. The normalized spacial score (nSPS) is 13.4. The molecule has 2 rings (SSSR count). The molecule has 3 heteroatoms. The summed E-state index contributed by atoms with van der Waals surface area (Å²) in [5.74, 6) is 0. The van der Waals surface area contributed by atoms with Gasteiger partial charge in [0.25, 0.3) is 0 Å². The molecule has 2 aromatic heterocycles. The lowest BCUT2D eigenvalue weighted by Gasteiger charge is -2.05. The number of H-pyrrole nitrogens is 1. The predicted molar refractivity (Wildman–Crippen MR) is 53.3 cm³/mol. The van der Waals surface area contributed by atoms with E-state index in [0.29, 0.717) is 0 Å². The first-order valence-corrected chi connectivity index (χ1v) is 4.50. The van der Waals surface area contributed by atoms with Gasteiger partial charge in [0.2, 0.25) is 0 Å². The van der Waals surface area contributed by atoms with Gasteiger partial charge in [-0.25, -0.2) is 4.98 Å². The number of nitrogens with zero attached hydrogens (tertiary/aromatic N) is 1. The van der Waals surface area contributed by atoms with Gasteiger partial charge in [-0.3, -0.25) is 0 Å². The fourth-order valence-corrected chi connectivity index (χ4v) is 1.50. The summed E-state index contributed by atoms with van der Waals surface area (Å²) >= 11 is 0. The van der Waals surface area contributed by atoms with Crippen molar-refractivity contribution >= 4 is 11.0 Å². The van der Waals surface area contributed by atoms with E-state index < -0.39 is 0 Å². The van der Waals surface area contributed by atoms with Crippen molar-refractivity contribution in [2.75, 3.05) is 0 Å². The lowest BCUT2D eigenvalue weighted by molar-refractivity contribution is 0.704. The van der Waals surface area contributed by atoms with E-state index in [1.54, 1.807) is 6.20 Å². The van der Waals surface area contributed by atoms with Gasteiger partial charge in [0, 0.05) is 23.8 Å². The second kappa shape index (κ2) is 3.18. The van der Waals surface area contributed by atoms with Gasteiger partial charge >= 0.3 is 0 Å². The van der Waals surface area contributed by atoms with Crippen LogP contribution in [0.25, 0.3) is 11.0 Å². The van der Waals surface area contributed by atoms with Gasteiger partial charge in [-0.15, -0.1) is 0 Å². The minimum Gasteiger partial charge on any atom is -0.346 e. The van der Waals surface area contributed by atoms with E-state index in [1.165, 1.54) is 0 Å². The van der Waals surface area contributed by atoms with E-state index in [9.17, 15) is 0 Å². The third kappa shape index (κ3) is 1.31. The molecule has 0 aliphatic heterocycles. The van der Waals surface area contributed by atoms with E-state index >= 15 is 0 Å². The number of aromatic nitrogens is 2. The third-order valence-electron chi connectivity index (χ3n) is 2.32. The van der Waals surface area contributed by atoms with Crippen molar-refractivity contribution in [3.05, 3.63) is 30.1 Å². The molecule has 3 nitrogen and oxygen atoms in total. The fourth-order valence-electron chi connectivity index (χ4n) is 1.50. The van der Waals surface area contributed by atoms with Crippen molar-refractivity contribution in [1.82, 2.24) is 9.97 Å². The van der Waals surface area contributed by atoms with Crippen LogP contribution in [0.4, 0.5) is 0 Å². The Labute approximate surface area is 77.0 Å². The molecular weight excluding hydrogens is 162 g/mol. The Morgan fingerprint density at radius 3 is 3.23 bits per heavy atom. The molecule has 0 aliphatic rings. The van der Waals surface area contributed by atoms with Gasteiger partial charge in [0.1, 0.15) is 5.65 Å². The first-order valence-electron chi connectivity index (χ1n) is 4.50.